The van der Waals surface area contributed by atoms with Crippen molar-refractivity contribution in [2.45, 2.75) is 96.7 Å². The van der Waals surface area contributed by atoms with Gasteiger partial charge in [0.05, 0.1) is 13.2 Å². The van der Waals surface area contributed by atoms with Gasteiger partial charge in [-0.1, -0.05) is 151 Å². The summed E-state index contributed by atoms with van der Waals surface area (Å²) in [6.07, 6.45) is 19.0. The van der Waals surface area contributed by atoms with Crippen LogP contribution in [0.2, 0.25) is 0 Å². The first-order chi connectivity index (χ1) is 21.1. The lowest BCUT2D eigenvalue weighted by molar-refractivity contribution is -0.203. The van der Waals surface area contributed by atoms with Crippen molar-refractivity contribution < 1.29 is 18.3 Å². The van der Waals surface area contributed by atoms with E-state index in [2.05, 4.69) is 13.8 Å². The topological polar surface area (TPSA) is 18.5 Å². The Kier molecular flexibility index (Phi) is 13.2. The number of rotatable bonds is 18. The average molecular weight is 587 g/mol. The number of hydrogen-bond acceptors (Lipinski definition) is 2. The Labute approximate surface area is 257 Å². The second kappa shape index (κ2) is 17.3. The van der Waals surface area contributed by atoms with Crippen molar-refractivity contribution in [3.8, 4) is 22.3 Å². The minimum absolute atomic E-state index is 0.252. The van der Waals surface area contributed by atoms with Crippen LogP contribution in [0.1, 0.15) is 96.5 Å². The van der Waals surface area contributed by atoms with Gasteiger partial charge in [-0.2, -0.15) is 0 Å². The summed E-state index contributed by atoms with van der Waals surface area (Å²) >= 11 is 0. The van der Waals surface area contributed by atoms with E-state index in [-0.39, 0.29) is 11.1 Å². The standard InChI is InChI=1S/C39H48F2O2/c1-3-5-7-9-11-16-30-43-39(42-29-15-10-8-6-4-2)27-25-34(26-28-39)36-24-23-35(37(40)38(36)41)33-21-19-32(20-22-33)31-17-13-12-14-18-31/h12-14,17-27H,3-11,15-16,28-30H2,1-2H3. The molecule has 1 unspecified atom stereocenters. The molecule has 1 atom stereocenters. The van der Waals surface area contributed by atoms with Gasteiger partial charge in [0.1, 0.15) is 0 Å². The van der Waals surface area contributed by atoms with E-state index >= 15 is 8.78 Å². The van der Waals surface area contributed by atoms with E-state index in [1.807, 2.05) is 72.8 Å². The van der Waals surface area contributed by atoms with Crippen LogP contribution in [-0.2, 0) is 9.47 Å². The molecule has 0 saturated carbocycles. The largest absolute Gasteiger partial charge is 0.346 e. The highest BCUT2D eigenvalue weighted by Gasteiger charge is 2.31. The molecule has 0 heterocycles. The number of ether oxygens (including phenoxy) is 2. The maximum atomic E-state index is 15.5. The fraction of sp³-hybridized carbons (Fsp3) is 0.436. The smallest absolute Gasteiger partial charge is 0.191 e. The van der Waals surface area contributed by atoms with Crippen LogP contribution in [0.4, 0.5) is 8.78 Å². The van der Waals surface area contributed by atoms with Gasteiger partial charge in [-0.3, -0.25) is 0 Å². The van der Waals surface area contributed by atoms with Gasteiger partial charge in [0.2, 0.25) is 0 Å². The lowest BCUT2D eigenvalue weighted by atomic mass is 9.93. The van der Waals surface area contributed by atoms with Crippen molar-refractivity contribution in [2.24, 2.45) is 0 Å². The van der Waals surface area contributed by atoms with Crippen molar-refractivity contribution in [1.82, 2.24) is 0 Å². The van der Waals surface area contributed by atoms with E-state index in [0.717, 1.165) is 36.8 Å². The molecule has 1 aliphatic rings. The summed E-state index contributed by atoms with van der Waals surface area (Å²) in [7, 11) is 0. The first kappa shape index (κ1) is 32.8. The van der Waals surface area contributed by atoms with Gasteiger partial charge in [-0.15, -0.1) is 0 Å². The summed E-state index contributed by atoms with van der Waals surface area (Å²) in [5.74, 6) is -2.52. The molecule has 0 fully saturated rings. The molecule has 0 aromatic heterocycles. The highest BCUT2D eigenvalue weighted by molar-refractivity contribution is 5.78. The van der Waals surface area contributed by atoms with Gasteiger partial charge >= 0.3 is 0 Å². The molecule has 0 bridgehead atoms. The number of allylic oxidation sites excluding steroid dienone is 2. The molecule has 0 aliphatic heterocycles. The SMILES string of the molecule is CCCCCCCCOC1(OCCCCCCC)C=CC(c2ccc(-c3ccc(-c4ccccc4)cc3)c(F)c2F)=CC1. The Balaban J connectivity index is 1.42. The summed E-state index contributed by atoms with van der Waals surface area (Å²) in [6.45, 7) is 5.68. The van der Waals surface area contributed by atoms with Crippen LogP contribution in [0.5, 0.6) is 0 Å². The molecule has 0 N–H and O–H groups in total. The zero-order chi connectivity index (χ0) is 30.3. The second-order valence-electron chi connectivity index (χ2n) is 11.6. The molecule has 43 heavy (non-hydrogen) atoms. The van der Waals surface area contributed by atoms with Crippen molar-refractivity contribution in [2.75, 3.05) is 13.2 Å². The predicted octanol–water partition coefficient (Wildman–Crippen LogP) is 11.7. The molecule has 3 aromatic carbocycles. The summed E-state index contributed by atoms with van der Waals surface area (Å²) in [5, 5.41) is 0. The molecule has 0 radical (unpaired) electrons. The van der Waals surface area contributed by atoms with Crippen LogP contribution in [0.25, 0.3) is 27.8 Å². The lowest BCUT2D eigenvalue weighted by Crippen LogP contribution is -2.35. The molecule has 3 aromatic rings. The van der Waals surface area contributed by atoms with Gasteiger partial charge in [0.15, 0.2) is 17.4 Å². The number of halogens is 2. The first-order valence-electron chi connectivity index (χ1n) is 16.4. The zero-order valence-electron chi connectivity index (χ0n) is 26.1. The van der Waals surface area contributed by atoms with E-state index in [4.69, 9.17) is 9.47 Å². The Hall–Kier alpha value is -3.08. The van der Waals surface area contributed by atoms with Crippen LogP contribution < -0.4 is 0 Å². The van der Waals surface area contributed by atoms with Gasteiger partial charge in [0, 0.05) is 17.5 Å². The quantitative estimate of drug-likeness (QED) is 0.109. The Morgan fingerprint density at radius 1 is 0.581 bits per heavy atom. The Morgan fingerprint density at radius 3 is 1.67 bits per heavy atom. The molecule has 4 heteroatoms. The van der Waals surface area contributed by atoms with Crippen molar-refractivity contribution in [3.05, 3.63) is 102 Å². The van der Waals surface area contributed by atoms with Gasteiger partial charge in [-0.05, 0) is 41.2 Å². The molecule has 0 amide bonds. The number of unbranched alkanes of at least 4 members (excludes halogenated alkanes) is 9. The van der Waals surface area contributed by atoms with Crippen LogP contribution in [-0.4, -0.2) is 19.0 Å². The Morgan fingerprint density at radius 2 is 1.09 bits per heavy atom. The fourth-order valence-corrected chi connectivity index (χ4v) is 5.61. The maximum Gasteiger partial charge on any atom is 0.191 e. The number of hydrogen-bond donors (Lipinski definition) is 0. The molecule has 4 rings (SSSR count). The van der Waals surface area contributed by atoms with E-state index < -0.39 is 17.4 Å². The van der Waals surface area contributed by atoms with Gasteiger partial charge in [0.25, 0.3) is 0 Å². The second-order valence-corrected chi connectivity index (χ2v) is 11.6. The maximum absolute atomic E-state index is 15.5. The highest BCUT2D eigenvalue weighted by atomic mass is 19.2. The van der Waals surface area contributed by atoms with E-state index in [1.165, 1.54) is 44.9 Å². The van der Waals surface area contributed by atoms with Crippen molar-refractivity contribution in [3.63, 3.8) is 0 Å². The van der Waals surface area contributed by atoms with Crippen LogP contribution in [0, 0.1) is 11.6 Å². The molecule has 230 valence electrons. The third-order valence-corrected chi connectivity index (χ3v) is 8.26. The van der Waals surface area contributed by atoms with E-state index in [9.17, 15) is 0 Å². The van der Waals surface area contributed by atoms with Crippen LogP contribution in [0.3, 0.4) is 0 Å². The lowest BCUT2D eigenvalue weighted by Gasteiger charge is -2.33. The Bertz CT molecular complexity index is 1310. The number of benzene rings is 3. The zero-order valence-corrected chi connectivity index (χ0v) is 26.1. The average Bonchev–Trinajstić information content (AvgIpc) is 3.05. The highest BCUT2D eigenvalue weighted by Crippen LogP contribution is 2.35. The summed E-state index contributed by atoms with van der Waals surface area (Å²) in [5.41, 5.74) is 3.91. The first-order valence-corrected chi connectivity index (χ1v) is 16.4. The summed E-state index contributed by atoms with van der Waals surface area (Å²) in [4.78, 5) is 0. The summed E-state index contributed by atoms with van der Waals surface area (Å²) < 4.78 is 43.6. The fourth-order valence-electron chi connectivity index (χ4n) is 5.61. The van der Waals surface area contributed by atoms with Crippen LogP contribution >= 0.6 is 0 Å². The predicted molar refractivity (Wildman–Crippen MR) is 176 cm³/mol. The molecular formula is C39H48F2O2. The minimum Gasteiger partial charge on any atom is -0.346 e. The normalized spacial score (nSPS) is 16.4. The van der Waals surface area contributed by atoms with E-state index in [1.54, 1.807) is 12.1 Å². The van der Waals surface area contributed by atoms with Crippen molar-refractivity contribution in [1.29, 1.82) is 0 Å². The molecule has 1 aliphatic carbocycles. The van der Waals surface area contributed by atoms with Gasteiger partial charge in [-0.25, -0.2) is 8.78 Å². The van der Waals surface area contributed by atoms with Crippen LogP contribution in [0.15, 0.2) is 85.0 Å². The molecular weight excluding hydrogens is 538 g/mol. The van der Waals surface area contributed by atoms with Gasteiger partial charge < -0.3 is 9.47 Å². The minimum atomic E-state index is -0.854. The monoisotopic (exact) mass is 586 g/mol. The third kappa shape index (κ3) is 9.45. The van der Waals surface area contributed by atoms with Crippen molar-refractivity contribution >= 4 is 5.57 Å². The molecule has 0 spiro atoms. The summed E-state index contributed by atoms with van der Waals surface area (Å²) in [6, 6.07) is 20.9. The van der Waals surface area contributed by atoms with E-state index in [0.29, 0.717) is 30.8 Å². The third-order valence-electron chi connectivity index (χ3n) is 8.26. The molecule has 0 saturated heterocycles. The molecule has 2 nitrogen and oxygen atoms in total.